The van der Waals surface area contributed by atoms with Gasteiger partial charge in [0.15, 0.2) is 12.2 Å². The molecule has 156 valence electrons. The number of nitrogens with zero attached hydrogens (tertiary/aromatic N) is 3. The number of quaternary nitrogens is 1. The highest BCUT2D eigenvalue weighted by Gasteiger charge is 2.52. The number of methoxy groups -OCH3 is 1. The highest BCUT2D eigenvalue weighted by Crippen LogP contribution is 2.69. The van der Waals surface area contributed by atoms with E-state index in [1.165, 1.54) is 12.0 Å². The van der Waals surface area contributed by atoms with Gasteiger partial charge < -0.3 is 9.47 Å². The van der Waals surface area contributed by atoms with Crippen LogP contribution >= 0.6 is 41.0 Å². The minimum atomic E-state index is -3.40. The van der Waals surface area contributed by atoms with Gasteiger partial charge in [-0.2, -0.15) is 7.73 Å². The van der Waals surface area contributed by atoms with Crippen molar-refractivity contribution in [2.45, 2.75) is 39.8 Å². The van der Waals surface area contributed by atoms with Crippen LogP contribution in [0.15, 0.2) is 0 Å². The molecule has 0 aliphatic carbocycles. The standard InChI is InChI=1S/C15H28IN3O6PS/c1-7-24-26(22,19(5,16)13(4)15(21)25-12(2)3)27-9-8-18(11-17)10-14(20)23-6/h12-13H,7-10H2,1-6H3/q+1/t13-,19?,26+/m0/s1. The van der Waals surface area contributed by atoms with E-state index in [9.17, 15) is 14.2 Å². The molecule has 0 rings (SSSR count). The van der Waals surface area contributed by atoms with Gasteiger partial charge in [0, 0.05) is 12.3 Å². The van der Waals surface area contributed by atoms with Gasteiger partial charge in [0.05, 0.1) is 26.9 Å². The Kier molecular flexibility index (Phi) is 11.9. The third-order valence-corrected chi connectivity index (χ3v) is 12.3. The first-order valence-corrected chi connectivity index (χ1v) is 12.5. The molecule has 0 N–H and O–H groups in total. The van der Waals surface area contributed by atoms with Crippen LogP contribution in [0, 0.1) is 11.5 Å². The molecule has 0 aromatic heterocycles. The second-order valence-electron chi connectivity index (χ2n) is 5.89. The number of esters is 2. The van der Waals surface area contributed by atoms with E-state index in [0.29, 0.717) is 0 Å². The van der Waals surface area contributed by atoms with Crippen molar-refractivity contribution in [3.63, 3.8) is 0 Å². The molecular formula is C15H28IN3O6PS+. The van der Waals surface area contributed by atoms with Crippen molar-refractivity contribution in [3.8, 4) is 6.19 Å². The lowest BCUT2D eigenvalue weighted by Crippen LogP contribution is -2.45. The number of ether oxygens (including phenoxy) is 2. The third-order valence-electron chi connectivity index (χ3n) is 3.48. The predicted molar refractivity (Wildman–Crippen MR) is 112 cm³/mol. The SMILES string of the molecule is CCO[P@@](=O)(SCCN(C#N)CC(=O)OC)[N+](C)(I)[C@@H](C)C(=O)OC(C)C. The largest absolute Gasteiger partial charge is 0.468 e. The number of hydrogen-bond donors (Lipinski definition) is 0. The summed E-state index contributed by atoms with van der Waals surface area (Å²) >= 11 is 2.98. The van der Waals surface area contributed by atoms with Crippen LogP contribution in [0.1, 0.15) is 27.7 Å². The highest BCUT2D eigenvalue weighted by atomic mass is 127. The minimum absolute atomic E-state index is 0.181. The quantitative estimate of drug-likeness (QED) is 0.0930. The third kappa shape index (κ3) is 8.15. The Morgan fingerprint density at radius 2 is 1.96 bits per heavy atom. The van der Waals surface area contributed by atoms with E-state index >= 15 is 0 Å². The first-order chi connectivity index (χ1) is 12.4. The van der Waals surface area contributed by atoms with Crippen LogP contribution in [0.2, 0.25) is 0 Å². The molecule has 0 saturated heterocycles. The Labute approximate surface area is 179 Å². The summed E-state index contributed by atoms with van der Waals surface area (Å²) in [6, 6.07) is -0.722. The Morgan fingerprint density at radius 1 is 1.37 bits per heavy atom. The molecule has 0 heterocycles. The maximum Gasteiger partial charge on any atom is 0.449 e. The van der Waals surface area contributed by atoms with Crippen molar-refractivity contribution in [2.24, 2.45) is 0 Å². The van der Waals surface area contributed by atoms with E-state index in [4.69, 9.17) is 14.5 Å². The number of likely N-dealkylation sites (N-methyl/N-ethyl adjacent to an activating group) is 1. The molecule has 0 amide bonds. The van der Waals surface area contributed by atoms with Crippen LogP contribution in [0.25, 0.3) is 0 Å². The van der Waals surface area contributed by atoms with Crippen LogP contribution in [0.5, 0.6) is 0 Å². The summed E-state index contributed by atoms with van der Waals surface area (Å²) in [5.41, 5.74) is 0. The Bertz CT molecular complexity index is 599. The van der Waals surface area contributed by atoms with Crippen molar-refractivity contribution >= 4 is 52.9 Å². The normalized spacial score (nSPS) is 16.6. The fourth-order valence-electron chi connectivity index (χ4n) is 1.81. The summed E-state index contributed by atoms with van der Waals surface area (Å²) < 4.78 is 28.6. The summed E-state index contributed by atoms with van der Waals surface area (Å²) in [6.45, 7) is 3.68. The number of halogens is 1. The van der Waals surface area contributed by atoms with Crippen molar-refractivity contribution in [1.29, 1.82) is 5.26 Å². The van der Waals surface area contributed by atoms with Crippen LogP contribution in [0.4, 0.5) is 0 Å². The molecule has 27 heavy (non-hydrogen) atoms. The predicted octanol–water partition coefficient (Wildman–Crippen LogP) is 2.96. The molecule has 1 unspecified atom stereocenters. The van der Waals surface area contributed by atoms with Crippen LogP contribution in [-0.2, 0) is 28.2 Å². The van der Waals surface area contributed by atoms with E-state index in [2.05, 4.69) is 4.74 Å². The van der Waals surface area contributed by atoms with Crippen molar-refractivity contribution in [1.82, 2.24) is 4.90 Å². The molecule has 0 spiro atoms. The molecule has 0 aliphatic rings. The summed E-state index contributed by atoms with van der Waals surface area (Å²) in [6.07, 6.45) is 1.61. The van der Waals surface area contributed by atoms with Gasteiger partial charge in [-0.25, -0.2) is 9.36 Å². The second kappa shape index (κ2) is 12.1. The first-order valence-electron chi connectivity index (χ1n) is 8.32. The summed E-state index contributed by atoms with van der Waals surface area (Å²) in [5.74, 6) is -0.731. The van der Waals surface area contributed by atoms with Gasteiger partial charge in [-0.1, -0.05) is 0 Å². The number of carbonyl (C=O) groups is 2. The molecule has 0 bridgehead atoms. The lowest BCUT2D eigenvalue weighted by atomic mass is 10.3. The molecule has 0 radical (unpaired) electrons. The monoisotopic (exact) mass is 536 g/mol. The van der Waals surface area contributed by atoms with Gasteiger partial charge in [-0.3, -0.25) is 14.2 Å². The van der Waals surface area contributed by atoms with E-state index < -0.39 is 24.7 Å². The van der Waals surface area contributed by atoms with Crippen molar-refractivity contribution < 1.29 is 30.6 Å². The van der Waals surface area contributed by atoms with Gasteiger partial charge in [0.2, 0.25) is 0 Å². The lowest BCUT2D eigenvalue weighted by molar-refractivity contribution is -0.621. The van der Waals surface area contributed by atoms with Gasteiger partial charge in [-0.15, -0.1) is 0 Å². The van der Waals surface area contributed by atoms with Gasteiger partial charge in [0.1, 0.15) is 6.54 Å². The zero-order chi connectivity index (χ0) is 21.3. The number of carbonyl (C=O) groups excluding carboxylic acids is 2. The van der Waals surface area contributed by atoms with Gasteiger partial charge in [0.25, 0.3) is 22.9 Å². The number of nitriles is 1. The molecule has 0 aliphatic heterocycles. The molecule has 0 fully saturated rings. The summed E-state index contributed by atoms with van der Waals surface area (Å²) in [5, 5.41) is 9.10. The van der Waals surface area contributed by atoms with Crippen molar-refractivity contribution in [2.75, 3.05) is 39.6 Å². The average molecular weight is 536 g/mol. The lowest BCUT2D eigenvalue weighted by Gasteiger charge is -2.36. The van der Waals surface area contributed by atoms with E-state index in [-0.39, 0.29) is 34.0 Å². The van der Waals surface area contributed by atoms with Crippen LogP contribution in [-0.4, -0.2) is 71.1 Å². The molecule has 3 atom stereocenters. The number of hydrogen-bond acceptors (Lipinski definition) is 9. The maximum absolute atomic E-state index is 13.5. The van der Waals surface area contributed by atoms with Crippen molar-refractivity contribution in [3.05, 3.63) is 0 Å². The molecule has 9 nitrogen and oxygen atoms in total. The molecule has 0 aromatic rings. The van der Waals surface area contributed by atoms with Crippen LogP contribution < -0.4 is 0 Å². The number of rotatable bonds is 12. The van der Waals surface area contributed by atoms with Gasteiger partial charge >= 0.3 is 18.7 Å². The van der Waals surface area contributed by atoms with E-state index in [0.717, 1.165) is 11.4 Å². The fraction of sp³-hybridized carbons (Fsp3) is 0.800. The Hall–Kier alpha value is -0.540. The smallest absolute Gasteiger partial charge is 0.449 e. The summed E-state index contributed by atoms with van der Waals surface area (Å²) in [7, 11) is 2.89. The molecule has 0 aromatic carbocycles. The molecule has 12 heteroatoms. The maximum atomic E-state index is 13.5. The Balaban J connectivity index is 5.18. The van der Waals surface area contributed by atoms with Crippen LogP contribution in [0.3, 0.4) is 0 Å². The minimum Gasteiger partial charge on any atom is -0.468 e. The second-order valence-corrected chi connectivity index (χ2v) is 13.5. The topological polar surface area (TPSA) is 106 Å². The molecular weight excluding hydrogens is 508 g/mol. The van der Waals surface area contributed by atoms with Gasteiger partial charge in [-0.05, 0) is 39.1 Å². The first kappa shape index (κ1) is 26.5. The van der Waals surface area contributed by atoms with E-state index in [1.54, 1.807) is 34.7 Å². The molecule has 0 saturated carbocycles. The van der Waals surface area contributed by atoms with E-state index in [1.807, 2.05) is 29.1 Å². The zero-order valence-corrected chi connectivity index (χ0v) is 20.4. The Morgan fingerprint density at radius 3 is 2.41 bits per heavy atom. The average Bonchev–Trinajstić information content (AvgIpc) is 2.59. The zero-order valence-electron chi connectivity index (χ0n) is 16.5. The highest BCUT2D eigenvalue weighted by molar-refractivity contribution is 14.1. The summed E-state index contributed by atoms with van der Waals surface area (Å²) in [4.78, 5) is 24.8. The fourth-order valence-corrected chi connectivity index (χ4v) is 8.02.